The summed E-state index contributed by atoms with van der Waals surface area (Å²) in [5.41, 5.74) is 1.10. The first-order valence-electron chi connectivity index (χ1n) is 5.50. The molecule has 0 atom stereocenters. The Morgan fingerprint density at radius 1 is 1.46 bits per heavy atom. The lowest BCUT2D eigenvalue weighted by Gasteiger charge is -2.10. The lowest BCUT2D eigenvalue weighted by molar-refractivity contribution is -0.116. The van der Waals surface area contributed by atoms with Crippen LogP contribution in [0.3, 0.4) is 0 Å². The Morgan fingerprint density at radius 2 is 2.15 bits per heavy atom. The Hall–Kier alpha value is -0.590. The van der Waals surface area contributed by atoms with E-state index in [1.54, 1.807) is 0 Å². The molecule has 74 valence electrons. The molecule has 1 aliphatic rings. The van der Waals surface area contributed by atoms with Crippen molar-refractivity contribution in [3.8, 4) is 0 Å². The van der Waals surface area contributed by atoms with Gasteiger partial charge < -0.3 is 0 Å². The van der Waals surface area contributed by atoms with Gasteiger partial charge in [-0.15, -0.1) is 0 Å². The standard InChI is InChI=1S/C12H20O/c1-3-10(4-2)9-12(13)11-7-5-6-8-11/h7,10H,3-6,8-9H2,1-2H3. The molecule has 0 bridgehead atoms. The third-order valence-electron chi connectivity index (χ3n) is 3.03. The molecule has 0 heterocycles. The van der Waals surface area contributed by atoms with Gasteiger partial charge in [0.2, 0.25) is 0 Å². The molecule has 0 radical (unpaired) electrons. The average Bonchev–Trinajstić information content (AvgIpc) is 2.66. The van der Waals surface area contributed by atoms with Crippen molar-refractivity contribution in [3.05, 3.63) is 11.6 Å². The smallest absolute Gasteiger partial charge is 0.158 e. The predicted molar refractivity (Wildman–Crippen MR) is 55.6 cm³/mol. The van der Waals surface area contributed by atoms with Crippen LogP contribution in [0.15, 0.2) is 11.6 Å². The highest BCUT2D eigenvalue weighted by atomic mass is 16.1. The van der Waals surface area contributed by atoms with Gasteiger partial charge in [0.05, 0.1) is 0 Å². The molecule has 0 unspecified atom stereocenters. The topological polar surface area (TPSA) is 17.1 Å². The zero-order valence-corrected chi connectivity index (χ0v) is 8.81. The first kappa shape index (κ1) is 10.5. The maximum Gasteiger partial charge on any atom is 0.158 e. The number of hydrogen-bond donors (Lipinski definition) is 0. The maximum absolute atomic E-state index is 11.7. The summed E-state index contributed by atoms with van der Waals surface area (Å²) in [6.45, 7) is 4.34. The van der Waals surface area contributed by atoms with E-state index in [2.05, 4.69) is 19.9 Å². The average molecular weight is 180 g/mol. The molecular weight excluding hydrogens is 160 g/mol. The van der Waals surface area contributed by atoms with Gasteiger partial charge in [-0.3, -0.25) is 4.79 Å². The molecule has 0 aromatic rings. The fourth-order valence-corrected chi connectivity index (χ4v) is 1.89. The second kappa shape index (κ2) is 5.21. The van der Waals surface area contributed by atoms with Crippen LogP contribution in [0.1, 0.15) is 52.4 Å². The summed E-state index contributed by atoms with van der Waals surface area (Å²) in [4.78, 5) is 11.7. The third kappa shape index (κ3) is 2.98. The van der Waals surface area contributed by atoms with Gasteiger partial charge in [0.25, 0.3) is 0 Å². The molecule has 13 heavy (non-hydrogen) atoms. The number of hydrogen-bond acceptors (Lipinski definition) is 1. The van der Waals surface area contributed by atoms with E-state index in [9.17, 15) is 4.79 Å². The minimum absolute atomic E-state index is 0.409. The molecule has 0 aromatic heterocycles. The molecule has 0 aliphatic heterocycles. The predicted octanol–water partition coefficient (Wildman–Crippen LogP) is 3.49. The third-order valence-corrected chi connectivity index (χ3v) is 3.03. The van der Waals surface area contributed by atoms with Crippen LogP contribution in [-0.2, 0) is 4.79 Å². The van der Waals surface area contributed by atoms with E-state index in [-0.39, 0.29) is 0 Å². The summed E-state index contributed by atoms with van der Waals surface area (Å²) in [7, 11) is 0. The van der Waals surface area contributed by atoms with Crippen LogP contribution < -0.4 is 0 Å². The molecule has 1 heteroatoms. The fourth-order valence-electron chi connectivity index (χ4n) is 1.89. The van der Waals surface area contributed by atoms with E-state index in [0.717, 1.165) is 37.7 Å². The van der Waals surface area contributed by atoms with Gasteiger partial charge in [-0.1, -0.05) is 32.8 Å². The summed E-state index contributed by atoms with van der Waals surface area (Å²) in [6.07, 6.45) is 8.50. The quantitative estimate of drug-likeness (QED) is 0.633. The van der Waals surface area contributed by atoms with E-state index in [4.69, 9.17) is 0 Å². The molecule has 0 spiro atoms. The van der Waals surface area contributed by atoms with Crippen molar-refractivity contribution in [2.24, 2.45) is 5.92 Å². The second-order valence-electron chi connectivity index (χ2n) is 3.93. The van der Waals surface area contributed by atoms with Crippen molar-refractivity contribution >= 4 is 5.78 Å². The van der Waals surface area contributed by atoms with Gasteiger partial charge in [0.15, 0.2) is 5.78 Å². The SMILES string of the molecule is CCC(CC)CC(=O)C1=CCCC1. The van der Waals surface area contributed by atoms with Crippen molar-refractivity contribution in [1.29, 1.82) is 0 Å². The van der Waals surface area contributed by atoms with Crippen molar-refractivity contribution in [3.63, 3.8) is 0 Å². The first-order chi connectivity index (χ1) is 6.27. The Bertz CT molecular complexity index is 199. The first-order valence-corrected chi connectivity index (χ1v) is 5.50. The van der Waals surface area contributed by atoms with E-state index in [1.165, 1.54) is 6.42 Å². The number of allylic oxidation sites excluding steroid dienone is 2. The normalized spacial score (nSPS) is 16.4. The van der Waals surface area contributed by atoms with Gasteiger partial charge in [0.1, 0.15) is 0 Å². The second-order valence-corrected chi connectivity index (χ2v) is 3.93. The number of carbonyl (C=O) groups is 1. The van der Waals surface area contributed by atoms with Gasteiger partial charge in [-0.2, -0.15) is 0 Å². The zero-order valence-electron chi connectivity index (χ0n) is 8.81. The van der Waals surface area contributed by atoms with Gasteiger partial charge in [0, 0.05) is 6.42 Å². The lowest BCUT2D eigenvalue weighted by atomic mass is 9.94. The molecule has 1 nitrogen and oxygen atoms in total. The van der Waals surface area contributed by atoms with Crippen LogP contribution in [0.25, 0.3) is 0 Å². The molecule has 1 aliphatic carbocycles. The highest BCUT2D eigenvalue weighted by Crippen LogP contribution is 2.23. The highest BCUT2D eigenvalue weighted by molar-refractivity contribution is 5.95. The van der Waals surface area contributed by atoms with E-state index in [0.29, 0.717) is 11.7 Å². The number of ketones is 1. The summed E-state index contributed by atoms with van der Waals surface area (Å²) in [6, 6.07) is 0. The van der Waals surface area contributed by atoms with E-state index in [1.807, 2.05) is 0 Å². The molecule has 0 saturated carbocycles. The van der Waals surface area contributed by atoms with Crippen molar-refractivity contribution in [1.82, 2.24) is 0 Å². The van der Waals surface area contributed by atoms with Crippen LogP contribution in [-0.4, -0.2) is 5.78 Å². The van der Waals surface area contributed by atoms with Crippen LogP contribution in [0.5, 0.6) is 0 Å². The molecule has 0 fully saturated rings. The van der Waals surface area contributed by atoms with Crippen molar-refractivity contribution in [2.75, 3.05) is 0 Å². The highest BCUT2D eigenvalue weighted by Gasteiger charge is 2.16. The van der Waals surface area contributed by atoms with E-state index < -0.39 is 0 Å². The Morgan fingerprint density at radius 3 is 2.62 bits per heavy atom. The summed E-state index contributed by atoms with van der Waals surface area (Å²) in [5.74, 6) is 1.01. The number of rotatable bonds is 5. The monoisotopic (exact) mass is 180 g/mol. The van der Waals surface area contributed by atoms with Gasteiger partial charge in [-0.05, 0) is 30.8 Å². The largest absolute Gasteiger partial charge is 0.295 e. The molecule has 1 rings (SSSR count). The lowest BCUT2D eigenvalue weighted by Crippen LogP contribution is -2.08. The van der Waals surface area contributed by atoms with Crippen LogP contribution in [0.2, 0.25) is 0 Å². The molecule has 0 N–H and O–H groups in total. The maximum atomic E-state index is 11.7. The zero-order chi connectivity index (χ0) is 9.68. The Balaban J connectivity index is 2.39. The number of Topliss-reactive ketones (excluding diaryl/α,β-unsaturated/α-hetero) is 1. The van der Waals surface area contributed by atoms with Crippen LogP contribution in [0, 0.1) is 5.92 Å². The molecule has 0 saturated heterocycles. The Labute approximate surface area is 81.2 Å². The van der Waals surface area contributed by atoms with Crippen molar-refractivity contribution < 1.29 is 4.79 Å². The molecule has 0 amide bonds. The summed E-state index contributed by atoms with van der Waals surface area (Å²) < 4.78 is 0. The molecular formula is C12H20O. The van der Waals surface area contributed by atoms with Crippen molar-refractivity contribution in [2.45, 2.75) is 52.4 Å². The van der Waals surface area contributed by atoms with E-state index >= 15 is 0 Å². The van der Waals surface area contributed by atoms with Crippen LogP contribution >= 0.6 is 0 Å². The minimum Gasteiger partial charge on any atom is -0.295 e. The summed E-state index contributed by atoms with van der Waals surface area (Å²) in [5, 5.41) is 0. The minimum atomic E-state index is 0.409. The summed E-state index contributed by atoms with van der Waals surface area (Å²) >= 11 is 0. The van der Waals surface area contributed by atoms with Gasteiger partial charge in [-0.25, -0.2) is 0 Å². The Kier molecular flexibility index (Phi) is 4.20. The molecule has 0 aromatic carbocycles. The van der Waals surface area contributed by atoms with Crippen LogP contribution in [0.4, 0.5) is 0 Å². The number of carbonyl (C=O) groups excluding carboxylic acids is 1. The fraction of sp³-hybridized carbons (Fsp3) is 0.750. The van der Waals surface area contributed by atoms with Gasteiger partial charge >= 0.3 is 0 Å².